The molecular weight excluding hydrogens is 262 g/mol. The molecule has 0 radical (unpaired) electrons. The summed E-state index contributed by atoms with van der Waals surface area (Å²) in [5, 5.41) is 2.74. The summed E-state index contributed by atoms with van der Waals surface area (Å²) in [6, 6.07) is 3.02. The average molecular weight is 277 g/mol. The first kappa shape index (κ1) is 14.9. The first-order valence-electron chi connectivity index (χ1n) is 5.58. The van der Waals surface area contributed by atoms with Gasteiger partial charge in [-0.3, -0.25) is 4.79 Å². The molecule has 1 atom stereocenters. The standard InChI is InChI=1S/C12H14F2N2O.ClH/c13-9-4-3-8(5-10(9)14)12(17)16-11(6-15)7-1-2-7;/h3-5,7,11H,1-2,6,15H2,(H,16,17);1H. The summed E-state index contributed by atoms with van der Waals surface area (Å²) in [5.41, 5.74) is 5.66. The van der Waals surface area contributed by atoms with Gasteiger partial charge in [0.05, 0.1) is 0 Å². The normalized spacial score (nSPS) is 15.7. The molecule has 3 N–H and O–H groups in total. The Kier molecular flexibility index (Phi) is 5.04. The topological polar surface area (TPSA) is 55.1 Å². The molecule has 1 saturated carbocycles. The molecule has 3 nitrogen and oxygen atoms in total. The van der Waals surface area contributed by atoms with E-state index in [4.69, 9.17) is 5.73 Å². The van der Waals surface area contributed by atoms with Crippen molar-refractivity contribution < 1.29 is 13.6 Å². The monoisotopic (exact) mass is 276 g/mol. The van der Waals surface area contributed by atoms with E-state index in [2.05, 4.69) is 5.32 Å². The smallest absolute Gasteiger partial charge is 0.251 e. The van der Waals surface area contributed by atoms with E-state index in [-0.39, 0.29) is 24.0 Å². The summed E-state index contributed by atoms with van der Waals surface area (Å²) < 4.78 is 25.7. The van der Waals surface area contributed by atoms with E-state index >= 15 is 0 Å². The van der Waals surface area contributed by atoms with Crippen molar-refractivity contribution in [2.24, 2.45) is 11.7 Å². The molecule has 6 heteroatoms. The SMILES string of the molecule is Cl.NCC(NC(=O)c1ccc(F)c(F)c1)C1CC1. The summed E-state index contributed by atoms with van der Waals surface area (Å²) >= 11 is 0. The number of halogens is 3. The zero-order valence-corrected chi connectivity index (χ0v) is 10.5. The van der Waals surface area contributed by atoms with E-state index in [0.717, 1.165) is 25.0 Å². The van der Waals surface area contributed by atoms with Crippen LogP contribution in [0.4, 0.5) is 8.78 Å². The van der Waals surface area contributed by atoms with Gasteiger partial charge in [-0.05, 0) is 37.0 Å². The van der Waals surface area contributed by atoms with Crippen molar-refractivity contribution >= 4 is 18.3 Å². The summed E-state index contributed by atoms with van der Waals surface area (Å²) in [5.74, 6) is -1.96. The molecule has 1 amide bonds. The number of nitrogens with one attached hydrogen (secondary N) is 1. The molecule has 1 unspecified atom stereocenters. The Bertz CT molecular complexity index is 438. The van der Waals surface area contributed by atoms with Crippen LogP contribution in [0.1, 0.15) is 23.2 Å². The van der Waals surface area contributed by atoms with Crippen LogP contribution in [0.25, 0.3) is 0 Å². The number of benzene rings is 1. The fourth-order valence-corrected chi connectivity index (χ4v) is 1.76. The molecule has 1 fully saturated rings. The van der Waals surface area contributed by atoms with Gasteiger partial charge in [-0.15, -0.1) is 12.4 Å². The molecule has 1 aliphatic rings. The zero-order chi connectivity index (χ0) is 12.4. The van der Waals surface area contributed by atoms with E-state index < -0.39 is 17.5 Å². The predicted octanol–water partition coefficient (Wildman–Crippen LogP) is 1.85. The van der Waals surface area contributed by atoms with Crippen LogP contribution in [-0.2, 0) is 0 Å². The van der Waals surface area contributed by atoms with Gasteiger partial charge in [0.2, 0.25) is 0 Å². The van der Waals surface area contributed by atoms with Crippen molar-refractivity contribution in [2.45, 2.75) is 18.9 Å². The Balaban J connectivity index is 0.00000162. The van der Waals surface area contributed by atoms with E-state index in [1.54, 1.807) is 0 Å². The quantitative estimate of drug-likeness (QED) is 0.882. The molecule has 18 heavy (non-hydrogen) atoms. The van der Waals surface area contributed by atoms with E-state index in [9.17, 15) is 13.6 Å². The van der Waals surface area contributed by atoms with Gasteiger partial charge >= 0.3 is 0 Å². The number of rotatable bonds is 4. The molecule has 100 valence electrons. The Morgan fingerprint density at radius 3 is 2.56 bits per heavy atom. The van der Waals surface area contributed by atoms with Crippen molar-refractivity contribution in [1.29, 1.82) is 0 Å². The second-order valence-corrected chi connectivity index (χ2v) is 4.28. The molecule has 0 bridgehead atoms. The minimum absolute atomic E-state index is 0. The van der Waals surface area contributed by atoms with Crippen LogP contribution in [0.2, 0.25) is 0 Å². The lowest BCUT2D eigenvalue weighted by Gasteiger charge is -2.15. The van der Waals surface area contributed by atoms with E-state index in [1.807, 2.05) is 0 Å². The third kappa shape index (κ3) is 3.40. The summed E-state index contributed by atoms with van der Waals surface area (Å²) in [6.45, 7) is 0.361. The van der Waals surface area contributed by atoms with E-state index in [0.29, 0.717) is 12.5 Å². The number of hydrogen-bond acceptors (Lipinski definition) is 2. The van der Waals surface area contributed by atoms with Crippen molar-refractivity contribution in [1.82, 2.24) is 5.32 Å². The first-order valence-corrected chi connectivity index (χ1v) is 5.58. The van der Waals surface area contributed by atoms with Crippen LogP contribution < -0.4 is 11.1 Å². The maximum atomic E-state index is 13.0. The number of amides is 1. The number of carbonyl (C=O) groups is 1. The molecule has 2 rings (SSSR count). The zero-order valence-electron chi connectivity index (χ0n) is 9.66. The molecule has 1 aromatic rings. The third-order valence-electron chi connectivity index (χ3n) is 2.94. The Morgan fingerprint density at radius 1 is 1.39 bits per heavy atom. The molecular formula is C12H15ClF2N2O. The van der Waals surface area contributed by atoms with Gasteiger partial charge in [-0.25, -0.2) is 8.78 Å². The fraction of sp³-hybridized carbons (Fsp3) is 0.417. The highest BCUT2D eigenvalue weighted by Gasteiger charge is 2.31. The van der Waals surface area contributed by atoms with Gasteiger partial charge < -0.3 is 11.1 Å². The summed E-state index contributed by atoms with van der Waals surface area (Å²) in [7, 11) is 0. The molecule has 0 heterocycles. The van der Waals surface area contributed by atoms with Crippen LogP contribution in [0.3, 0.4) is 0 Å². The lowest BCUT2D eigenvalue weighted by Crippen LogP contribution is -2.41. The average Bonchev–Trinajstić information content (AvgIpc) is 3.13. The van der Waals surface area contributed by atoms with Gasteiger partial charge in [0, 0.05) is 18.2 Å². The van der Waals surface area contributed by atoms with Gasteiger partial charge in [0.15, 0.2) is 11.6 Å². The highest BCUT2D eigenvalue weighted by molar-refractivity contribution is 5.94. The van der Waals surface area contributed by atoms with Crippen LogP contribution >= 0.6 is 12.4 Å². The van der Waals surface area contributed by atoms with E-state index in [1.165, 1.54) is 6.07 Å². The maximum Gasteiger partial charge on any atom is 0.251 e. The number of hydrogen-bond donors (Lipinski definition) is 2. The predicted molar refractivity (Wildman–Crippen MR) is 66.6 cm³/mol. The summed E-state index contributed by atoms with van der Waals surface area (Å²) in [6.07, 6.45) is 2.11. The highest BCUT2D eigenvalue weighted by atomic mass is 35.5. The lowest BCUT2D eigenvalue weighted by atomic mass is 10.1. The van der Waals surface area contributed by atoms with Crippen LogP contribution in [0, 0.1) is 17.6 Å². The van der Waals surface area contributed by atoms with Gasteiger partial charge in [-0.2, -0.15) is 0 Å². The first-order chi connectivity index (χ1) is 8.11. The Labute approximate surface area is 110 Å². The number of nitrogens with two attached hydrogens (primary N) is 1. The second kappa shape index (κ2) is 6.11. The largest absolute Gasteiger partial charge is 0.348 e. The molecule has 0 saturated heterocycles. The van der Waals surface area contributed by atoms with Crippen LogP contribution in [0.15, 0.2) is 18.2 Å². The lowest BCUT2D eigenvalue weighted by molar-refractivity contribution is 0.0933. The number of carbonyl (C=O) groups excluding carboxylic acids is 1. The van der Waals surface area contributed by atoms with Gasteiger partial charge in [-0.1, -0.05) is 0 Å². The molecule has 1 aliphatic carbocycles. The second-order valence-electron chi connectivity index (χ2n) is 4.28. The maximum absolute atomic E-state index is 13.0. The third-order valence-corrected chi connectivity index (χ3v) is 2.94. The highest BCUT2D eigenvalue weighted by Crippen LogP contribution is 2.32. The van der Waals surface area contributed by atoms with Gasteiger partial charge in [0.1, 0.15) is 0 Å². The van der Waals surface area contributed by atoms with Crippen LogP contribution in [0.5, 0.6) is 0 Å². The van der Waals surface area contributed by atoms with Gasteiger partial charge in [0.25, 0.3) is 5.91 Å². The van der Waals surface area contributed by atoms with Crippen molar-refractivity contribution in [3.8, 4) is 0 Å². The molecule has 1 aromatic carbocycles. The van der Waals surface area contributed by atoms with Crippen molar-refractivity contribution in [2.75, 3.05) is 6.54 Å². The molecule has 0 aromatic heterocycles. The fourth-order valence-electron chi connectivity index (χ4n) is 1.76. The van der Waals surface area contributed by atoms with Crippen molar-refractivity contribution in [3.05, 3.63) is 35.4 Å². The molecule has 0 spiro atoms. The van der Waals surface area contributed by atoms with Crippen molar-refractivity contribution in [3.63, 3.8) is 0 Å². The Morgan fingerprint density at radius 2 is 2.06 bits per heavy atom. The Hall–Kier alpha value is -1.20. The van der Waals surface area contributed by atoms with Crippen LogP contribution in [-0.4, -0.2) is 18.5 Å². The summed E-state index contributed by atoms with van der Waals surface area (Å²) in [4.78, 5) is 11.8. The minimum Gasteiger partial charge on any atom is -0.348 e. The minimum atomic E-state index is -1.02. The molecule has 0 aliphatic heterocycles.